The van der Waals surface area contributed by atoms with Gasteiger partial charge in [-0.05, 0) is 36.6 Å². The first kappa shape index (κ1) is 15.0. The third kappa shape index (κ3) is 4.05. The highest BCUT2D eigenvalue weighted by Gasteiger charge is 2.15. The van der Waals surface area contributed by atoms with Crippen LogP contribution in [0.4, 0.5) is 0 Å². The normalized spacial score (nSPS) is 11.9. The molecule has 4 nitrogen and oxygen atoms in total. The van der Waals surface area contributed by atoms with E-state index in [1.54, 1.807) is 13.8 Å². The highest BCUT2D eigenvalue weighted by atomic mass is 16.5. The summed E-state index contributed by atoms with van der Waals surface area (Å²) in [5, 5.41) is 14.3. The number of benzene rings is 2. The number of carbonyl (C=O) groups excluding carboxylic acids is 1. The predicted octanol–water partition coefficient (Wildman–Crippen LogP) is 3.55. The Balaban J connectivity index is 2.04. The molecule has 0 saturated carbocycles. The highest BCUT2D eigenvalue weighted by Crippen LogP contribution is 2.17. The largest absolute Gasteiger partial charge is 0.458 e. The Hall–Kier alpha value is -2.36. The third-order valence-electron chi connectivity index (χ3n) is 3.16. The quantitative estimate of drug-likeness (QED) is 0.395. The van der Waals surface area contributed by atoms with E-state index in [0.29, 0.717) is 12.8 Å². The molecule has 21 heavy (non-hydrogen) atoms. The second-order valence-corrected chi connectivity index (χ2v) is 5.18. The molecular formula is C17H19NO3. The molecule has 2 aromatic carbocycles. The van der Waals surface area contributed by atoms with E-state index < -0.39 is 5.97 Å². The summed E-state index contributed by atoms with van der Waals surface area (Å²) in [5.74, 6) is -0.562. The molecule has 0 heterocycles. The van der Waals surface area contributed by atoms with Crippen LogP contribution in [0.2, 0.25) is 0 Å². The van der Waals surface area contributed by atoms with Crippen LogP contribution in [0.25, 0.3) is 10.8 Å². The number of oxime groups is 1. The average Bonchev–Trinajstić information content (AvgIpc) is 2.47. The molecule has 0 fully saturated rings. The number of fused-ring (bicyclic) bond motifs is 1. The summed E-state index contributed by atoms with van der Waals surface area (Å²) in [6, 6.07) is 14.2. The van der Waals surface area contributed by atoms with Crippen LogP contribution < -0.4 is 0 Å². The smallest absolute Gasteiger partial charge is 0.356 e. The lowest BCUT2D eigenvalue weighted by molar-refractivity contribution is -0.139. The minimum atomic E-state index is -0.562. The number of nitrogens with zero attached hydrogens (tertiary/aromatic N) is 1. The maximum atomic E-state index is 11.7. The van der Waals surface area contributed by atoms with E-state index in [-0.39, 0.29) is 11.8 Å². The van der Waals surface area contributed by atoms with Crippen molar-refractivity contribution in [3.8, 4) is 0 Å². The molecule has 110 valence electrons. The lowest BCUT2D eigenvalue weighted by atomic mass is 10.0. The van der Waals surface area contributed by atoms with Gasteiger partial charge in [0.15, 0.2) is 5.71 Å². The maximum Gasteiger partial charge on any atom is 0.356 e. The molecular weight excluding hydrogens is 266 g/mol. The summed E-state index contributed by atoms with van der Waals surface area (Å²) in [4.78, 5) is 11.7. The van der Waals surface area contributed by atoms with Crippen LogP contribution >= 0.6 is 0 Å². The van der Waals surface area contributed by atoms with Gasteiger partial charge in [0.2, 0.25) is 0 Å². The van der Waals surface area contributed by atoms with E-state index >= 15 is 0 Å². The molecule has 0 spiro atoms. The first-order chi connectivity index (χ1) is 10.1. The molecule has 2 rings (SSSR count). The van der Waals surface area contributed by atoms with E-state index in [0.717, 1.165) is 10.9 Å². The molecule has 0 aromatic heterocycles. The number of hydrogen-bond donors (Lipinski definition) is 1. The van der Waals surface area contributed by atoms with Gasteiger partial charge in [0, 0.05) is 6.42 Å². The van der Waals surface area contributed by atoms with Crippen LogP contribution in [0.5, 0.6) is 0 Å². The Labute approximate surface area is 124 Å². The number of aryl methyl sites for hydroxylation is 1. The van der Waals surface area contributed by atoms with Crippen LogP contribution in [-0.4, -0.2) is 23.0 Å². The summed E-state index contributed by atoms with van der Waals surface area (Å²) in [5.41, 5.74) is 1.14. The SMILES string of the molecule is CC(C)OC(=O)C(CCc1ccc2ccccc2c1)=NO. The van der Waals surface area contributed by atoms with Gasteiger partial charge < -0.3 is 9.94 Å². The second kappa shape index (κ2) is 6.88. The fourth-order valence-corrected chi connectivity index (χ4v) is 2.13. The van der Waals surface area contributed by atoms with Crippen molar-refractivity contribution in [2.75, 3.05) is 0 Å². The van der Waals surface area contributed by atoms with Gasteiger partial charge in [-0.3, -0.25) is 0 Å². The molecule has 0 saturated heterocycles. The van der Waals surface area contributed by atoms with Crippen LogP contribution in [0, 0.1) is 0 Å². The van der Waals surface area contributed by atoms with Crippen molar-refractivity contribution in [3.63, 3.8) is 0 Å². The van der Waals surface area contributed by atoms with Crippen molar-refractivity contribution >= 4 is 22.5 Å². The summed E-state index contributed by atoms with van der Waals surface area (Å²) >= 11 is 0. The number of hydrogen-bond acceptors (Lipinski definition) is 4. The fourth-order valence-electron chi connectivity index (χ4n) is 2.13. The van der Waals surface area contributed by atoms with Gasteiger partial charge >= 0.3 is 5.97 Å². The summed E-state index contributed by atoms with van der Waals surface area (Å²) in [6.07, 6.45) is 0.743. The molecule has 0 aliphatic rings. The van der Waals surface area contributed by atoms with E-state index in [4.69, 9.17) is 9.94 Å². The van der Waals surface area contributed by atoms with Crippen LogP contribution in [0.15, 0.2) is 47.6 Å². The lowest BCUT2D eigenvalue weighted by Gasteiger charge is -2.09. The van der Waals surface area contributed by atoms with Crippen molar-refractivity contribution in [1.29, 1.82) is 0 Å². The van der Waals surface area contributed by atoms with E-state index in [1.807, 2.05) is 30.3 Å². The number of esters is 1. The summed E-state index contributed by atoms with van der Waals surface area (Å²) < 4.78 is 5.03. The van der Waals surface area contributed by atoms with Gasteiger partial charge in [0.25, 0.3) is 0 Å². The van der Waals surface area contributed by atoms with E-state index in [1.165, 1.54) is 5.39 Å². The van der Waals surface area contributed by atoms with Gasteiger partial charge in [-0.2, -0.15) is 0 Å². The van der Waals surface area contributed by atoms with Crippen molar-refractivity contribution in [1.82, 2.24) is 0 Å². The standard InChI is InChI=1S/C17H19NO3/c1-12(2)21-17(19)16(18-20)10-8-13-7-9-14-5-3-4-6-15(14)11-13/h3-7,9,11-12,20H,8,10H2,1-2H3. The topological polar surface area (TPSA) is 58.9 Å². The van der Waals surface area contributed by atoms with Crippen molar-refractivity contribution in [2.24, 2.45) is 5.16 Å². The molecule has 0 atom stereocenters. The Morgan fingerprint density at radius 3 is 2.57 bits per heavy atom. The third-order valence-corrected chi connectivity index (χ3v) is 3.16. The first-order valence-corrected chi connectivity index (χ1v) is 6.99. The van der Waals surface area contributed by atoms with E-state index in [9.17, 15) is 4.79 Å². The van der Waals surface area contributed by atoms with Gasteiger partial charge in [0.1, 0.15) is 0 Å². The van der Waals surface area contributed by atoms with Gasteiger partial charge in [0.05, 0.1) is 6.10 Å². The summed E-state index contributed by atoms with van der Waals surface area (Å²) in [6.45, 7) is 3.52. The molecule has 4 heteroatoms. The molecule has 2 aromatic rings. The Bertz CT molecular complexity index is 662. The molecule has 0 radical (unpaired) electrons. The molecule has 0 aliphatic carbocycles. The minimum absolute atomic E-state index is 0.0526. The Morgan fingerprint density at radius 1 is 1.19 bits per heavy atom. The monoisotopic (exact) mass is 285 g/mol. The summed E-state index contributed by atoms with van der Waals surface area (Å²) in [7, 11) is 0. The zero-order valence-corrected chi connectivity index (χ0v) is 12.2. The fraction of sp³-hybridized carbons (Fsp3) is 0.294. The van der Waals surface area contributed by atoms with Crippen molar-refractivity contribution < 1.29 is 14.7 Å². The van der Waals surface area contributed by atoms with Crippen molar-refractivity contribution in [2.45, 2.75) is 32.8 Å². The first-order valence-electron chi connectivity index (χ1n) is 6.99. The number of ether oxygens (including phenoxy) is 1. The predicted molar refractivity (Wildman–Crippen MR) is 82.7 cm³/mol. The Kier molecular flexibility index (Phi) is 4.93. The molecule has 0 amide bonds. The minimum Gasteiger partial charge on any atom is -0.458 e. The molecule has 0 unspecified atom stereocenters. The van der Waals surface area contributed by atoms with Gasteiger partial charge in [-0.1, -0.05) is 47.6 Å². The van der Waals surface area contributed by atoms with Crippen LogP contribution in [0.3, 0.4) is 0 Å². The van der Waals surface area contributed by atoms with Gasteiger partial charge in [-0.25, -0.2) is 4.79 Å². The lowest BCUT2D eigenvalue weighted by Crippen LogP contribution is -2.21. The van der Waals surface area contributed by atoms with Gasteiger partial charge in [-0.15, -0.1) is 0 Å². The average molecular weight is 285 g/mol. The second-order valence-electron chi connectivity index (χ2n) is 5.18. The highest BCUT2D eigenvalue weighted by molar-refractivity contribution is 6.36. The van der Waals surface area contributed by atoms with Crippen LogP contribution in [-0.2, 0) is 16.0 Å². The maximum absolute atomic E-state index is 11.7. The van der Waals surface area contributed by atoms with Crippen molar-refractivity contribution in [3.05, 3.63) is 48.0 Å². The number of carbonyl (C=O) groups is 1. The van der Waals surface area contributed by atoms with E-state index in [2.05, 4.69) is 17.3 Å². The Morgan fingerprint density at radius 2 is 1.90 bits per heavy atom. The zero-order valence-electron chi connectivity index (χ0n) is 12.2. The molecule has 0 aliphatic heterocycles. The molecule has 1 N–H and O–H groups in total. The zero-order chi connectivity index (χ0) is 15.2. The molecule has 0 bridgehead atoms. The number of rotatable bonds is 5. The van der Waals surface area contributed by atoms with Crippen LogP contribution in [0.1, 0.15) is 25.8 Å².